The van der Waals surface area contributed by atoms with E-state index in [2.05, 4.69) is 20.8 Å². The minimum absolute atomic E-state index is 0.227. The predicted octanol–water partition coefficient (Wildman–Crippen LogP) is 3.63. The van der Waals surface area contributed by atoms with Gasteiger partial charge in [0, 0.05) is 12.5 Å². The number of ether oxygens (including phenoxy) is 2. The van der Waals surface area contributed by atoms with Crippen LogP contribution in [0.15, 0.2) is 0 Å². The van der Waals surface area contributed by atoms with Gasteiger partial charge in [-0.3, -0.25) is 0 Å². The van der Waals surface area contributed by atoms with E-state index in [1.807, 2.05) is 6.92 Å². The summed E-state index contributed by atoms with van der Waals surface area (Å²) in [6.07, 6.45) is -0.227. The molecular formula is C12H27ClO3Si. The molecule has 0 saturated heterocycles. The van der Waals surface area contributed by atoms with Gasteiger partial charge in [-0.25, -0.2) is 0 Å². The maximum absolute atomic E-state index is 6.22. The van der Waals surface area contributed by atoms with Crippen molar-refractivity contribution in [3.05, 3.63) is 0 Å². The van der Waals surface area contributed by atoms with Crippen LogP contribution in [0.1, 0.15) is 27.7 Å². The summed E-state index contributed by atoms with van der Waals surface area (Å²) in [5, 5.41) is 0. The first-order valence-electron chi connectivity index (χ1n) is 6.61. The minimum atomic E-state index is -1.62. The van der Waals surface area contributed by atoms with Gasteiger partial charge >= 0.3 is 0 Å². The predicted molar refractivity (Wildman–Crippen MR) is 75.2 cm³/mol. The summed E-state index contributed by atoms with van der Waals surface area (Å²) in [5.74, 6) is 0.511. The molecule has 0 aromatic heterocycles. The zero-order valence-electron chi connectivity index (χ0n) is 11.6. The van der Waals surface area contributed by atoms with E-state index in [9.17, 15) is 0 Å². The Bertz CT molecular complexity index is 169. The highest BCUT2D eigenvalue weighted by atomic mass is 35.5. The van der Waals surface area contributed by atoms with Crippen molar-refractivity contribution in [2.24, 2.45) is 0 Å². The van der Waals surface area contributed by atoms with E-state index in [0.29, 0.717) is 25.7 Å². The molecule has 0 aliphatic carbocycles. The molecule has 0 aromatic rings. The molecule has 0 radical (unpaired) electrons. The average molecular weight is 283 g/mol. The van der Waals surface area contributed by atoms with E-state index in [1.165, 1.54) is 0 Å². The molecule has 3 nitrogen and oxygen atoms in total. The van der Waals surface area contributed by atoms with Crippen LogP contribution in [0.25, 0.3) is 0 Å². The first-order chi connectivity index (χ1) is 8.17. The molecule has 0 rings (SSSR count). The van der Waals surface area contributed by atoms with Gasteiger partial charge in [0.05, 0.1) is 13.2 Å². The zero-order chi connectivity index (χ0) is 13.1. The molecule has 1 unspecified atom stereocenters. The van der Waals surface area contributed by atoms with E-state index in [4.69, 9.17) is 25.5 Å². The van der Waals surface area contributed by atoms with Gasteiger partial charge in [0.1, 0.15) is 0 Å². The van der Waals surface area contributed by atoms with Crippen molar-refractivity contribution in [1.29, 1.82) is 0 Å². The molecule has 0 aliphatic rings. The van der Waals surface area contributed by atoms with Gasteiger partial charge in [-0.1, -0.05) is 20.8 Å². The van der Waals surface area contributed by atoms with Crippen molar-refractivity contribution < 1.29 is 13.9 Å². The van der Waals surface area contributed by atoms with Crippen LogP contribution in [0.2, 0.25) is 18.1 Å². The summed E-state index contributed by atoms with van der Waals surface area (Å²) in [4.78, 5) is 0. The smallest absolute Gasteiger partial charge is 0.195 e. The number of hydrogen-bond acceptors (Lipinski definition) is 3. The summed E-state index contributed by atoms with van der Waals surface area (Å²) in [7, 11) is -1.62. The lowest BCUT2D eigenvalue weighted by Crippen LogP contribution is -2.42. The van der Waals surface area contributed by atoms with Crippen molar-refractivity contribution in [2.75, 3.05) is 25.7 Å². The van der Waals surface area contributed by atoms with Crippen LogP contribution in [0.3, 0.4) is 0 Å². The van der Waals surface area contributed by atoms with Gasteiger partial charge in [-0.15, -0.1) is 11.6 Å². The van der Waals surface area contributed by atoms with Crippen molar-refractivity contribution in [1.82, 2.24) is 0 Å². The highest BCUT2D eigenvalue weighted by Gasteiger charge is 2.32. The van der Waals surface area contributed by atoms with Crippen LogP contribution < -0.4 is 0 Å². The second kappa shape index (κ2) is 10.3. The zero-order valence-corrected chi connectivity index (χ0v) is 13.4. The molecule has 0 aromatic carbocycles. The van der Waals surface area contributed by atoms with E-state index in [1.54, 1.807) is 0 Å². The van der Waals surface area contributed by atoms with Crippen LogP contribution in [-0.2, 0) is 13.9 Å². The average Bonchev–Trinajstić information content (AvgIpc) is 2.36. The van der Waals surface area contributed by atoms with E-state index >= 15 is 0 Å². The minimum Gasteiger partial charge on any atom is -0.391 e. The van der Waals surface area contributed by atoms with Gasteiger partial charge in [0.2, 0.25) is 0 Å². The molecule has 5 heteroatoms. The summed E-state index contributed by atoms with van der Waals surface area (Å²) in [6.45, 7) is 10.3. The Morgan fingerprint density at radius 3 is 2.06 bits per heavy atom. The van der Waals surface area contributed by atoms with Gasteiger partial charge < -0.3 is 13.9 Å². The van der Waals surface area contributed by atoms with Gasteiger partial charge in [-0.05, 0) is 25.1 Å². The van der Waals surface area contributed by atoms with Crippen LogP contribution in [0.4, 0.5) is 0 Å². The second-order valence-corrected chi connectivity index (χ2v) is 9.11. The highest BCUT2D eigenvalue weighted by Crippen LogP contribution is 2.23. The highest BCUT2D eigenvalue weighted by molar-refractivity contribution is 6.73. The van der Waals surface area contributed by atoms with E-state index < -0.39 is 8.32 Å². The molecule has 0 heterocycles. The first kappa shape index (κ1) is 17.4. The number of alkyl halides is 1. The molecule has 17 heavy (non-hydrogen) atoms. The maximum atomic E-state index is 6.22. The lowest BCUT2D eigenvalue weighted by Gasteiger charge is -2.32. The first-order valence-corrected chi connectivity index (χ1v) is 9.67. The Morgan fingerprint density at radius 1 is 1.06 bits per heavy atom. The molecule has 104 valence electrons. The largest absolute Gasteiger partial charge is 0.391 e. The molecule has 0 fully saturated rings. The molecule has 0 aliphatic heterocycles. The lowest BCUT2D eigenvalue weighted by atomic mass is 10.6. The summed E-state index contributed by atoms with van der Waals surface area (Å²) in [5.41, 5.74) is 0. The van der Waals surface area contributed by atoms with E-state index in [0.717, 1.165) is 18.1 Å². The molecule has 0 amide bonds. The fraction of sp³-hybridized carbons (Fsp3) is 1.00. The third-order valence-electron chi connectivity index (χ3n) is 3.14. The Balaban J connectivity index is 4.27. The van der Waals surface area contributed by atoms with Crippen molar-refractivity contribution >= 4 is 19.9 Å². The Labute approximate surface area is 112 Å². The topological polar surface area (TPSA) is 27.7 Å². The molecule has 0 bridgehead atoms. The number of rotatable bonds is 11. The lowest BCUT2D eigenvalue weighted by molar-refractivity contribution is -0.122. The van der Waals surface area contributed by atoms with Gasteiger partial charge in [-0.2, -0.15) is 0 Å². The molecule has 1 atom stereocenters. The van der Waals surface area contributed by atoms with Gasteiger partial charge in [0.25, 0.3) is 0 Å². The third kappa shape index (κ3) is 6.77. The maximum Gasteiger partial charge on any atom is 0.195 e. The summed E-state index contributed by atoms with van der Waals surface area (Å²) >= 11 is 5.58. The van der Waals surface area contributed by atoms with Crippen LogP contribution in [0.5, 0.6) is 0 Å². The van der Waals surface area contributed by atoms with Crippen LogP contribution >= 0.6 is 11.6 Å². The third-order valence-corrected chi connectivity index (χ3v) is 7.93. The van der Waals surface area contributed by atoms with Crippen molar-refractivity contribution in [3.8, 4) is 0 Å². The Kier molecular flexibility index (Phi) is 10.6. The SMILES string of the molecule is CCOC(COCCCl)O[Si](CC)(CC)CC. The molecular weight excluding hydrogens is 256 g/mol. The second-order valence-electron chi connectivity index (χ2n) is 4.01. The molecule has 0 saturated carbocycles. The Morgan fingerprint density at radius 2 is 1.65 bits per heavy atom. The monoisotopic (exact) mass is 282 g/mol. The summed E-state index contributed by atoms with van der Waals surface area (Å²) < 4.78 is 17.2. The van der Waals surface area contributed by atoms with Crippen molar-refractivity contribution in [3.63, 3.8) is 0 Å². The fourth-order valence-corrected chi connectivity index (χ4v) is 4.62. The number of hydrogen-bond donors (Lipinski definition) is 0. The van der Waals surface area contributed by atoms with Crippen LogP contribution in [0, 0.1) is 0 Å². The van der Waals surface area contributed by atoms with Crippen LogP contribution in [-0.4, -0.2) is 40.3 Å². The normalized spacial score (nSPS) is 13.9. The molecule has 0 spiro atoms. The van der Waals surface area contributed by atoms with Crippen molar-refractivity contribution in [2.45, 2.75) is 52.1 Å². The molecule has 0 N–H and O–H groups in total. The standard InChI is InChI=1S/C12H27ClO3Si/c1-5-15-12(11-14-10-9-13)16-17(6-2,7-3)8-4/h12H,5-11H2,1-4H3. The van der Waals surface area contributed by atoms with Gasteiger partial charge in [0.15, 0.2) is 14.6 Å². The number of halogens is 1. The Hall–Kier alpha value is 0.387. The quantitative estimate of drug-likeness (QED) is 0.251. The summed E-state index contributed by atoms with van der Waals surface area (Å²) in [6, 6.07) is 3.37. The van der Waals surface area contributed by atoms with E-state index in [-0.39, 0.29) is 6.29 Å². The fourth-order valence-electron chi connectivity index (χ4n) is 1.81.